The molecule has 18 heavy (non-hydrogen) atoms. The predicted molar refractivity (Wildman–Crippen MR) is 70.3 cm³/mol. The number of nitrogens with two attached hydrogens (primary N) is 1. The molecule has 0 atom stereocenters. The first-order valence-corrected chi connectivity index (χ1v) is 6.46. The number of rotatable bonds is 6. The largest absolute Gasteiger partial charge is 0.493 e. The summed E-state index contributed by atoms with van der Waals surface area (Å²) in [5, 5.41) is 0. The van der Waals surface area contributed by atoms with Crippen molar-refractivity contribution in [3.63, 3.8) is 0 Å². The monoisotopic (exact) mass is 251 g/mol. The Labute approximate surface area is 108 Å². The molecule has 100 valence electrons. The molecule has 1 aliphatic heterocycles. The van der Waals surface area contributed by atoms with Gasteiger partial charge in [0.1, 0.15) is 5.75 Å². The van der Waals surface area contributed by atoms with Crippen LogP contribution in [0.4, 0.5) is 0 Å². The lowest BCUT2D eigenvalue weighted by Crippen LogP contribution is -2.07. The van der Waals surface area contributed by atoms with E-state index in [1.807, 2.05) is 12.1 Å². The van der Waals surface area contributed by atoms with Crippen LogP contribution in [0.15, 0.2) is 12.1 Å². The van der Waals surface area contributed by atoms with Crippen molar-refractivity contribution in [2.45, 2.75) is 26.7 Å². The molecule has 1 heterocycles. The van der Waals surface area contributed by atoms with Crippen molar-refractivity contribution in [1.82, 2.24) is 0 Å². The molecule has 1 aromatic carbocycles. The summed E-state index contributed by atoms with van der Waals surface area (Å²) in [6.07, 6.45) is 1.82. The minimum atomic E-state index is 0.285. The molecule has 2 N–H and O–H groups in total. The highest BCUT2D eigenvalue weighted by Crippen LogP contribution is 2.38. The Balaban J connectivity index is 2.11. The van der Waals surface area contributed by atoms with Crippen LogP contribution in [0.1, 0.15) is 25.8 Å². The van der Waals surface area contributed by atoms with Gasteiger partial charge < -0.3 is 19.9 Å². The maximum absolute atomic E-state index is 5.83. The first kappa shape index (κ1) is 13.0. The summed E-state index contributed by atoms with van der Waals surface area (Å²) >= 11 is 0. The van der Waals surface area contributed by atoms with Crippen molar-refractivity contribution >= 4 is 0 Å². The second kappa shape index (κ2) is 5.96. The Morgan fingerprint density at radius 2 is 2.00 bits per heavy atom. The fourth-order valence-corrected chi connectivity index (χ4v) is 1.86. The summed E-state index contributed by atoms with van der Waals surface area (Å²) in [5.74, 6) is 3.05. The zero-order valence-corrected chi connectivity index (χ0v) is 11.1. The fourth-order valence-electron chi connectivity index (χ4n) is 1.86. The topological polar surface area (TPSA) is 53.7 Å². The third-order valence-electron chi connectivity index (χ3n) is 2.92. The second-order valence-electron chi connectivity index (χ2n) is 4.88. The van der Waals surface area contributed by atoms with E-state index in [0.717, 1.165) is 42.3 Å². The van der Waals surface area contributed by atoms with E-state index in [1.165, 1.54) is 0 Å². The standard InChI is InChI=1S/C14H21NO3/c1-10(2)4-6-16-12-8-14-13(17-9-18-14)7-11(12)3-5-15/h7-8,10H,3-6,9,15H2,1-2H3. The molecule has 0 unspecified atom stereocenters. The van der Waals surface area contributed by atoms with Gasteiger partial charge in [0, 0.05) is 6.07 Å². The van der Waals surface area contributed by atoms with Crippen LogP contribution in [0.3, 0.4) is 0 Å². The molecule has 1 aliphatic rings. The van der Waals surface area contributed by atoms with Crippen LogP contribution < -0.4 is 19.9 Å². The molecule has 0 radical (unpaired) electrons. The number of ether oxygens (including phenoxy) is 3. The Hall–Kier alpha value is -1.42. The molecule has 0 aromatic heterocycles. The van der Waals surface area contributed by atoms with Gasteiger partial charge in [-0.1, -0.05) is 13.8 Å². The van der Waals surface area contributed by atoms with E-state index in [2.05, 4.69) is 13.8 Å². The molecular weight excluding hydrogens is 230 g/mol. The first-order valence-electron chi connectivity index (χ1n) is 6.46. The van der Waals surface area contributed by atoms with Gasteiger partial charge >= 0.3 is 0 Å². The lowest BCUT2D eigenvalue weighted by Gasteiger charge is -2.13. The molecule has 2 rings (SSSR count). The van der Waals surface area contributed by atoms with Gasteiger partial charge in [0.2, 0.25) is 6.79 Å². The SMILES string of the molecule is CC(C)CCOc1cc2c(cc1CCN)OCO2. The third kappa shape index (κ3) is 3.07. The second-order valence-corrected chi connectivity index (χ2v) is 4.88. The van der Waals surface area contributed by atoms with Gasteiger partial charge in [-0.3, -0.25) is 0 Å². The maximum atomic E-state index is 5.83. The molecule has 0 bridgehead atoms. The minimum Gasteiger partial charge on any atom is -0.493 e. The molecule has 0 spiro atoms. The third-order valence-corrected chi connectivity index (χ3v) is 2.92. The molecule has 0 aliphatic carbocycles. The van der Waals surface area contributed by atoms with E-state index in [9.17, 15) is 0 Å². The molecule has 0 saturated heterocycles. The zero-order chi connectivity index (χ0) is 13.0. The van der Waals surface area contributed by atoms with E-state index < -0.39 is 0 Å². The van der Waals surface area contributed by atoms with Gasteiger partial charge in [0.15, 0.2) is 11.5 Å². The Bertz CT molecular complexity index is 404. The van der Waals surface area contributed by atoms with Crippen molar-refractivity contribution in [2.75, 3.05) is 19.9 Å². The first-order chi connectivity index (χ1) is 8.70. The molecule has 0 fully saturated rings. The molecular formula is C14H21NO3. The van der Waals surface area contributed by atoms with Crippen LogP contribution in [-0.4, -0.2) is 19.9 Å². The van der Waals surface area contributed by atoms with Crippen molar-refractivity contribution in [1.29, 1.82) is 0 Å². The van der Waals surface area contributed by atoms with Crippen molar-refractivity contribution in [3.05, 3.63) is 17.7 Å². The summed E-state index contributed by atoms with van der Waals surface area (Å²) in [6, 6.07) is 3.88. The molecule has 4 heteroatoms. The van der Waals surface area contributed by atoms with Gasteiger partial charge in [-0.05, 0) is 36.9 Å². The number of fused-ring (bicyclic) bond motifs is 1. The van der Waals surface area contributed by atoms with Crippen molar-refractivity contribution in [2.24, 2.45) is 11.7 Å². The zero-order valence-electron chi connectivity index (χ0n) is 11.1. The van der Waals surface area contributed by atoms with Crippen LogP contribution in [0.5, 0.6) is 17.2 Å². The lowest BCUT2D eigenvalue weighted by molar-refractivity contribution is 0.173. The molecule has 0 saturated carbocycles. The molecule has 0 amide bonds. The Morgan fingerprint density at radius 3 is 2.67 bits per heavy atom. The van der Waals surface area contributed by atoms with Crippen molar-refractivity contribution < 1.29 is 14.2 Å². The van der Waals surface area contributed by atoms with Crippen LogP contribution >= 0.6 is 0 Å². The van der Waals surface area contributed by atoms with E-state index >= 15 is 0 Å². The molecule has 1 aromatic rings. The summed E-state index contributed by atoms with van der Waals surface area (Å²) in [4.78, 5) is 0. The summed E-state index contributed by atoms with van der Waals surface area (Å²) in [5.41, 5.74) is 6.71. The average molecular weight is 251 g/mol. The van der Waals surface area contributed by atoms with Gasteiger partial charge in [0.05, 0.1) is 6.61 Å². The molecule has 4 nitrogen and oxygen atoms in total. The summed E-state index contributed by atoms with van der Waals surface area (Å²) < 4.78 is 16.6. The average Bonchev–Trinajstić information content (AvgIpc) is 2.76. The normalized spacial score (nSPS) is 13.1. The van der Waals surface area contributed by atoms with E-state index in [1.54, 1.807) is 0 Å². The van der Waals surface area contributed by atoms with E-state index in [4.69, 9.17) is 19.9 Å². The van der Waals surface area contributed by atoms with E-state index in [0.29, 0.717) is 12.5 Å². The van der Waals surface area contributed by atoms with Gasteiger partial charge in [0.25, 0.3) is 0 Å². The highest BCUT2D eigenvalue weighted by atomic mass is 16.7. The fraction of sp³-hybridized carbons (Fsp3) is 0.571. The van der Waals surface area contributed by atoms with E-state index in [-0.39, 0.29) is 6.79 Å². The highest BCUT2D eigenvalue weighted by Gasteiger charge is 2.17. The van der Waals surface area contributed by atoms with Gasteiger partial charge in [-0.25, -0.2) is 0 Å². The number of hydrogen-bond acceptors (Lipinski definition) is 4. The smallest absolute Gasteiger partial charge is 0.231 e. The van der Waals surface area contributed by atoms with Crippen molar-refractivity contribution in [3.8, 4) is 17.2 Å². The summed E-state index contributed by atoms with van der Waals surface area (Å²) in [7, 11) is 0. The lowest BCUT2D eigenvalue weighted by atomic mass is 10.1. The van der Waals surface area contributed by atoms with Crippen LogP contribution in [0.25, 0.3) is 0 Å². The maximum Gasteiger partial charge on any atom is 0.231 e. The Kier molecular flexibility index (Phi) is 4.31. The highest BCUT2D eigenvalue weighted by molar-refractivity contribution is 5.51. The minimum absolute atomic E-state index is 0.285. The van der Waals surface area contributed by atoms with Crippen LogP contribution in [-0.2, 0) is 6.42 Å². The summed E-state index contributed by atoms with van der Waals surface area (Å²) in [6.45, 7) is 5.97. The van der Waals surface area contributed by atoms with Crippen LogP contribution in [0.2, 0.25) is 0 Å². The Morgan fingerprint density at radius 1 is 1.28 bits per heavy atom. The number of benzene rings is 1. The van der Waals surface area contributed by atoms with Gasteiger partial charge in [-0.15, -0.1) is 0 Å². The van der Waals surface area contributed by atoms with Crippen LogP contribution in [0, 0.1) is 5.92 Å². The quantitative estimate of drug-likeness (QED) is 0.843. The number of hydrogen-bond donors (Lipinski definition) is 1. The van der Waals surface area contributed by atoms with Gasteiger partial charge in [-0.2, -0.15) is 0 Å². The predicted octanol–water partition coefficient (Wildman–Crippen LogP) is 2.34.